The molecule has 1 amide bonds. The molecule has 1 heterocycles. The number of carbonyl (C=O) groups is 1. The molecule has 5 heteroatoms. The molecular weight excluding hydrogens is 376 g/mol. The third kappa shape index (κ3) is 4.56. The van der Waals surface area contributed by atoms with Crippen molar-refractivity contribution in [2.45, 2.75) is 51.9 Å². The Hall–Kier alpha value is -3.08. The lowest BCUT2D eigenvalue weighted by molar-refractivity contribution is -0.118. The highest BCUT2D eigenvalue weighted by atomic mass is 16.5. The third-order valence-corrected chi connectivity index (χ3v) is 5.48. The zero-order valence-corrected chi connectivity index (χ0v) is 17.8. The first kappa shape index (κ1) is 20.2. The summed E-state index contributed by atoms with van der Waals surface area (Å²) in [5.41, 5.74) is 5.34. The fraction of sp³-hybridized carbons (Fsp3) is 0.360. The summed E-state index contributed by atoms with van der Waals surface area (Å²) in [6.07, 6.45) is 4.35. The van der Waals surface area contributed by atoms with Gasteiger partial charge in [-0.1, -0.05) is 38.1 Å². The summed E-state index contributed by atoms with van der Waals surface area (Å²) in [5, 5.41) is 7.09. The minimum atomic E-state index is -0.195. The Kier molecular flexibility index (Phi) is 5.62. The highest BCUT2D eigenvalue weighted by molar-refractivity contribution is 5.92. The van der Waals surface area contributed by atoms with Crippen LogP contribution in [0.1, 0.15) is 50.4 Å². The van der Waals surface area contributed by atoms with Crippen molar-refractivity contribution in [2.24, 2.45) is 0 Å². The lowest BCUT2D eigenvalue weighted by Crippen LogP contribution is -2.20. The van der Waals surface area contributed by atoms with Crippen LogP contribution in [0.5, 0.6) is 5.75 Å². The molecule has 0 saturated heterocycles. The van der Waals surface area contributed by atoms with Crippen LogP contribution >= 0.6 is 0 Å². The molecule has 4 rings (SSSR count). The van der Waals surface area contributed by atoms with Gasteiger partial charge in [-0.15, -0.1) is 0 Å². The van der Waals surface area contributed by atoms with Gasteiger partial charge in [-0.2, -0.15) is 0 Å². The van der Waals surface area contributed by atoms with E-state index in [9.17, 15) is 4.79 Å². The molecule has 2 aromatic carbocycles. The molecule has 1 aliphatic carbocycles. The molecule has 0 fully saturated rings. The van der Waals surface area contributed by atoms with Crippen LogP contribution in [0, 0.1) is 0 Å². The van der Waals surface area contributed by atoms with E-state index in [0.29, 0.717) is 5.75 Å². The van der Waals surface area contributed by atoms with E-state index in [1.165, 1.54) is 24.0 Å². The maximum absolute atomic E-state index is 12.3. The standard InChI is InChI=1S/C25H28N2O3/c1-25(2,3)18-10-14-20(15-11-18)29-16-23(28)26-19-12-8-17(9-13-19)24-21-6-4-5-7-22(21)27-30-24/h8-15H,4-7,16H2,1-3H3,(H,26,28). The van der Waals surface area contributed by atoms with Crippen LogP contribution in [0.2, 0.25) is 0 Å². The number of rotatable bonds is 5. The van der Waals surface area contributed by atoms with Crippen LogP contribution in [0.15, 0.2) is 53.1 Å². The lowest BCUT2D eigenvalue weighted by atomic mass is 9.87. The number of hydrogen-bond donors (Lipinski definition) is 1. The number of nitrogens with one attached hydrogen (secondary N) is 1. The van der Waals surface area contributed by atoms with Gasteiger partial charge in [-0.25, -0.2) is 0 Å². The van der Waals surface area contributed by atoms with Gasteiger partial charge >= 0.3 is 0 Å². The fourth-order valence-electron chi connectivity index (χ4n) is 3.72. The van der Waals surface area contributed by atoms with Crippen molar-refractivity contribution in [1.82, 2.24) is 5.16 Å². The van der Waals surface area contributed by atoms with Gasteiger partial charge in [0.15, 0.2) is 12.4 Å². The molecule has 1 aromatic heterocycles. The summed E-state index contributed by atoms with van der Waals surface area (Å²) in [5.74, 6) is 1.34. The fourth-order valence-corrected chi connectivity index (χ4v) is 3.72. The topological polar surface area (TPSA) is 64.4 Å². The third-order valence-electron chi connectivity index (χ3n) is 5.48. The highest BCUT2D eigenvalue weighted by Crippen LogP contribution is 2.32. The maximum Gasteiger partial charge on any atom is 0.262 e. The zero-order chi connectivity index (χ0) is 21.1. The first-order chi connectivity index (χ1) is 14.4. The van der Waals surface area contributed by atoms with E-state index in [1.54, 1.807) is 0 Å². The molecule has 0 aliphatic heterocycles. The van der Waals surface area contributed by atoms with Crippen LogP contribution < -0.4 is 10.1 Å². The van der Waals surface area contributed by atoms with Crippen molar-refractivity contribution in [3.05, 3.63) is 65.4 Å². The minimum Gasteiger partial charge on any atom is -0.484 e. The molecule has 1 N–H and O–H groups in total. The summed E-state index contributed by atoms with van der Waals surface area (Å²) in [4.78, 5) is 12.3. The van der Waals surface area contributed by atoms with Gasteiger partial charge in [0.05, 0.1) is 5.69 Å². The number of anilines is 1. The monoisotopic (exact) mass is 404 g/mol. The van der Waals surface area contributed by atoms with Gasteiger partial charge in [-0.3, -0.25) is 4.79 Å². The number of benzene rings is 2. The Balaban J connectivity index is 1.33. The first-order valence-corrected chi connectivity index (χ1v) is 10.5. The van der Waals surface area contributed by atoms with Gasteiger partial charge in [0, 0.05) is 16.8 Å². The molecule has 0 bridgehead atoms. The average Bonchev–Trinajstić information content (AvgIpc) is 3.17. The number of aryl methyl sites for hydroxylation is 1. The van der Waals surface area contributed by atoms with Crippen molar-refractivity contribution < 1.29 is 14.1 Å². The molecule has 0 radical (unpaired) electrons. The summed E-state index contributed by atoms with van der Waals surface area (Å²) >= 11 is 0. The van der Waals surface area contributed by atoms with E-state index < -0.39 is 0 Å². The number of aromatic nitrogens is 1. The molecule has 0 unspecified atom stereocenters. The van der Waals surface area contributed by atoms with Crippen LogP contribution in [-0.4, -0.2) is 17.7 Å². The highest BCUT2D eigenvalue weighted by Gasteiger charge is 2.20. The van der Waals surface area contributed by atoms with Crippen LogP contribution in [0.3, 0.4) is 0 Å². The molecule has 1 aliphatic rings. The molecule has 30 heavy (non-hydrogen) atoms. The number of ether oxygens (including phenoxy) is 1. The van der Waals surface area contributed by atoms with Gasteiger partial charge in [0.2, 0.25) is 0 Å². The van der Waals surface area contributed by atoms with Crippen molar-refractivity contribution >= 4 is 11.6 Å². The van der Waals surface area contributed by atoms with E-state index in [0.717, 1.165) is 35.5 Å². The predicted octanol–water partition coefficient (Wildman–Crippen LogP) is 5.54. The Bertz CT molecular complexity index is 1010. The SMILES string of the molecule is CC(C)(C)c1ccc(OCC(=O)Nc2ccc(-c3onc4c3CCCC4)cc2)cc1. The lowest BCUT2D eigenvalue weighted by Gasteiger charge is -2.19. The van der Waals surface area contributed by atoms with E-state index in [4.69, 9.17) is 9.26 Å². The Morgan fingerprint density at radius 1 is 1.03 bits per heavy atom. The molecule has 156 valence electrons. The Labute approximate surface area is 177 Å². The summed E-state index contributed by atoms with van der Waals surface area (Å²) in [7, 11) is 0. The number of hydrogen-bond acceptors (Lipinski definition) is 4. The molecule has 0 saturated carbocycles. The van der Waals surface area contributed by atoms with E-state index in [1.807, 2.05) is 48.5 Å². The van der Waals surface area contributed by atoms with Gasteiger partial charge in [0.1, 0.15) is 5.75 Å². The second kappa shape index (κ2) is 8.34. The predicted molar refractivity (Wildman–Crippen MR) is 118 cm³/mol. The van der Waals surface area contributed by atoms with Crippen molar-refractivity contribution in [1.29, 1.82) is 0 Å². The van der Waals surface area contributed by atoms with Crippen molar-refractivity contribution in [2.75, 3.05) is 11.9 Å². The van der Waals surface area contributed by atoms with Crippen LogP contribution in [-0.2, 0) is 23.1 Å². The quantitative estimate of drug-likeness (QED) is 0.607. The second-order valence-electron chi connectivity index (χ2n) is 8.83. The number of nitrogens with zero attached hydrogens (tertiary/aromatic N) is 1. The minimum absolute atomic E-state index is 0.0355. The smallest absolute Gasteiger partial charge is 0.262 e. The van der Waals surface area contributed by atoms with Gasteiger partial charge < -0.3 is 14.6 Å². The largest absolute Gasteiger partial charge is 0.484 e. The summed E-state index contributed by atoms with van der Waals surface area (Å²) in [6.45, 7) is 6.46. The Morgan fingerprint density at radius 3 is 2.43 bits per heavy atom. The first-order valence-electron chi connectivity index (χ1n) is 10.5. The molecule has 0 spiro atoms. The van der Waals surface area contributed by atoms with Crippen LogP contribution in [0.4, 0.5) is 5.69 Å². The normalized spacial score (nSPS) is 13.6. The van der Waals surface area contributed by atoms with E-state index >= 15 is 0 Å². The number of fused-ring (bicyclic) bond motifs is 1. The van der Waals surface area contributed by atoms with Gasteiger partial charge in [-0.05, 0) is 73.1 Å². The second-order valence-corrected chi connectivity index (χ2v) is 8.83. The molecule has 5 nitrogen and oxygen atoms in total. The average molecular weight is 405 g/mol. The Morgan fingerprint density at radius 2 is 1.73 bits per heavy atom. The number of carbonyl (C=O) groups excluding carboxylic acids is 1. The van der Waals surface area contributed by atoms with Crippen LogP contribution in [0.25, 0.3) is 11.3 Å². The summed E-state index contributed by atoms with van der Waals surface area (Å²) in [6, 6.07) is 15.5. The van der Waals surface area contributed by atoms with E-state index in [2.05, 4.69) is 31.2 Å². The van der Waals surface area contributed by atoms with Crippen molar-refractivity contribution in [3.63, 3.8) is 0 Å². The zero-order valence-electron chi connectivity index (χ0n) is 17.8. The maximum atomic E-state index is 12.3. The van der Waals surface area contributed by atoms with E-state index in [-0.39, 0.29) is 17.9 Å². The molecule has 3 aromatic rings. The molecular formula is C25H28N2O3. The molecule has 0 atom stereocenters. The van der Waals surface area contributed by atoms with Gasteiger partial charge in [0.25, 0.3) is 5.91 Å². The number of amides is 1. The van der Waals surface area contributed by atoms with Crippen molar-refractivity contribution in [3.8, 4) is 17.1 Å². The summed E-state index contributed by atoms with van der Waals surface area (Å²) < 4.78 is 11.2.